The van der Waals surface area contributed by atoms with Gasteiger partial charge < -0.3 is 5.32 Å². The van der Waals surface area contributed by atoms with Gasteiger partial charge in [-0.05, 0) is 70.0 Å². The minimum absolute atomic E-state index is 0.221. The number of carbonyl (C=O) groups excluding carboxylic acids is 1. The molecule has 1 aliphatic heterocycles. The summed E-state index contributed by atoms with van der Waals surface area (Å²) in [5.74, 6) is -0.259. The molecular formula is C24H28N4O3S. The molecule has 2 aromatic carbocycles. The minimum Gasteiger partial charge on any atom is -0.345 e. The van der Waals surface area contributed by atoms with Crippen LogP contribution >= 0.6 is 0 Å². The maximum Gasteiger partial charge on any atom is 0.251 e. The molecule has 1 fully saturated rings. The van der Waals surface area contributed by atoms with Crippen molar-refractivity contribution in [3.63, 3.8) is 0 Å². The Labute approximate surface area is 189 Å². The van der Waals surface area contributed by atoms with E-state index in [0.717, 1.165) is 29.8 Å². The van der Waals surface area contributed by atoms with Crippen LogP contribution in [-0.4, -0.2) is 41.5 Å². The smallest absolute Gasteiger partial charge is 0.251 e. The van der Waals surface area contributed by atoms with E-state index < -0.39 is 10.0 Å². The van der Waals surface area contributed by atoms with Crippen molar-refractivity contribution in [3.05, 3.63) is 77.1 Å². The summed E-state index contributed by atoms with van der Waals surface area (Å²) in [5, 5.41) is 7.48. The maximum atomic E-state index is 12.8. The van der Waals surface area contributed by atoms with Gasteiger partial charge in [0.05, 0.1) is 22.8 Å². The van der Waals surface area contributed by atoms with Gasteiger partial charge in [0.2, 0.25) is 10.0 Å². The quantitative estimate of drug-likeness (QED) is 0.617. The van der Waals surface area contributed by atoms with Gasteiger partial charge in [0.15, 0.2) is 0 Å². The van der Waals surface area contributed by atoms with E-state index in [1.807, 2.05) is 49.7 Å². The Morgan fingerprint density at radius 3 is 2.25 bits per heavy atom. The second kappa shape index (κ2) is 8.88. The molecule has 1 aliphatic rings. The first-order chi connectivity index (χ1) is 15.3. The lowest BCUT2D eigenvalue weighted by Gasteiger charge is -2.16. The standard InChI is InChI=1S/C24H28N4O3S/c1-17-6-10-21(11-7-17)28-19(3)23(16-25-28)18(2)26-24(29)20-8-12-22(13-9-20)32(30,31)27-14-4-5-15-27/h6-13,16,18H,4-5,14-15H2,1-3H3,(H,26,29). The summed E-state index contributed by atoms with van der Waals surface area (Å²) in [4.78, 5) is 13.0. The molecule has 32 heavy (non-hydrogen) atoms. The Balaban J connectivity index is 1.46. The Morgan fingerprint density at radius 2 is 1.62 bits per heavy atom. The Morgan fingerprint density at radius 1 is 1.00 bits per heavy atom. The molecule has 1 saturated heterocycles. The van der Waals surface area contributed by atoms with Gasteiger partial charge >= 0.3 is 0 Å². The summed E-state index contributed by atoms with van der Waals surface area (Å²) < 4.78 is 28.7. The zero-order chi connectivity index (χ0) is 22.9. The Kier molecular flexibility index (Phi) is 6.17. The average molecular weight is 453 g/mol. The number of hydrogen-bond acceptors (Lipinski definition) is 4. The molecule has 1 amide bonds. The van der Waals surface area contributed by atoms with Crippen LogP contribution in [0.3, 0.4) is 0 Å². The zero-order valence-corrected chi connectivity index (χ0v) is 19.4. The maximum absolute atomic E-state index is 12.8. The van der Waals surface area contributed by atoms with Crippen LogP contribution in [0.25, 0.3) is 5.69 Å². The molecule has 7 nitrogen and oxygen atoms in total. The van der Waals surface area contributed by atoms with Gasteiger partial charge in [-0.1, -0.05) is 17.7 Å². The highest BCUT2D eigenvalue weighted by atomic mass is 32.2. The predicted octanol–water partition coefficient (Wildman–Crippen LogP) is 3.76. The minimum atomic E-state index is -3.49. The molecule has 0 spiro atoms. The lowest BCUT2D eigenvalue weighted by molar-refractivity contribution is 0.0939. The van der Waals surface area contributed by atoms with Crippen molar-refractivity contribution in [2.75, 3.05) is 13.1 Å². The van der Waals surface area contributed by atoms with Crippen LogP contribution < -0.4 is 5.32 Å². The van der Waals surface area contributed by atoms with E-state index in [0.29, 0.717) is 18.7 Å². The zero-order valence-electron chi connectivity index (χ0n) is 18.6. The molecule has 0 radical (unpaired) electrons. The van der Waals surface area contributed by atoms with Crippen molar-refractivity contribution in [1.82, 2.24) is 19.4 Å². The van der Waals surface area contributed by atoms with Crippen LogP contribution in [0, 0.1) is 13.8 Å². The molecule has 1 unspecified atom stereocenters. The first-order valence-electron chi connectivity index (χ1n) is 10.8. The first kappa shape index (κ1) is 22.2. The monoisotopic (exact) mass is 452 g/mol. The highest BCUT2D eigenvalue weighted by molar-refractivity contribution is 7.89. The lowest BCUT2D eigenvalue weighted by Crippen LogP contribution is -2.28. The van der Waals surface area contributed by atoms with E-state index in [9.17, 15) is 13.2 Å². The van der Waals surface area contributed by atoms with Crippen LogP contribution in [-0.2, 0) is 10.0 Å². The number of sulfonamides is 1. The van der Waals surface area contributed by atoms with Crippen molar-refractivity contribution in [3.8, 4) is 5.69 Å². The van der Waals surface area contributed by atoms with Crippen molar-refractivity contribution in [2.24, 2.45) is 0 Å². The van der Waals surface area contributed by atoms with Gasteiger partial charge in [0.25, 0.3) is 5.91 Å². The molecule has 1 aromatic heterocycles. The van der Waals surface area contributed by atoms with Crippen molar-refractivity contribution >= 4 is 15.9 Å². The van der Waals surface area contributed by atoms with Gasteiger partial charge in [-0.2, -0.15) is 9.40 Å². The molecule has 0 bridgehead atoms. The number of amides is 1. The van der Waals surface area contributed by atoms with E-state index in [1.54, 1.807) is 18.3 Å². The van der Waals surface area contributed by atoms with Crippen LogP contribution in [0.2, 0.25) is 0 Å². The third kappa shape index (κ3) is 4.33. The second-order valence-corrected chi connectivity index (χ2v) is 10.2. The normalized spacial score (nSPS) is 15.6. The summed E-state index contributed by atoms with van der Waals surface area (Å²) in [7, 11) is -3.49. The van der Waals surface area contributed by atoms with Gasteiger partial charge in [-0.15, -0.1) is 0 Å². The first-order valence-corrected chi connectivity index (χ1v) is 12.2. The fourth-order valence-electron chi connectivity index (χ4n) is 4.01. The largest absolute Gasteiger partial charge is 0.345 e. The van der Waals surface area contributed by atoms with E-state index in [-0.39, 0.29) is 16.8 Å². The third-order valence-corrected chi connectivity index (χ3v) is 7.87. The molecule has 0 saturated carbocycles. The highest BCUT2D eigenvalue weighted by Crippen LogP contribution is 2.23. The number of aryl methyl sites for hydroxylation is 1. The summed E-state index contributed by atoms with van der Waals surface area (Å²) in [6, 6.07) is 14.0. The van der Waals surface area contributed by atoms with Gasteiger partial charge in [-0.3, -0.25) is 4.79 Å². The molecular weight excluding hydrogens is 424 g/mol. The van der Waals surface area contributed by atoms with Crippen molar-refractivity contribution in [2.45, 2.75) is 44.6 Å². The second-order valence-electron chi connectivity index (χ2n) is 8.26. The van der Waals surface area contributed by atoms with Crippen LogP contribution in [0.1, 0.15) is 53.0 Å². The third-order valence-electron chi connectivity index (χ3n) is 5.96. The predicted molar refractivity (Wildman–Crippen MR) is 123 cm³/mol. The summed E-state index contributed by atoms with van der Waals surface area (Å²) >= 11 is 0. The molecule has 8 heteroatoms. The van der Waals surface area contributed by atoms with Gasteiger partial charge in [-0.25, -0.2) is 13.1 Å². The van der Waals surface area contributed by atoms with Crippen molar-refractivity contribution in [1.29, 1.82) is 0 Å². The van der Waals surface area contributed by atoms with Crippen LogP contribution in [0.4, 0.5) is 0 Å². The highest BCUT2D eigenvalue weighted by Gasteiger charge is 2.27. The van der Waals surface area contributed by atoms with E-state index in [1.165, 1.54) is 22.0 Å². The van der Waals surface area contributed by atoms with Crippen molar-refractivity contribution < 1.29 is 13.2 Å². The van der Waals surface area contributed by atoms with Crippen LogP contribution in [0.5, 0.6) is 0 Å². The molecule has 1 N–H and O–H groups in total. The summed E-state index contributed by atoms with van der Waals surface area (Å²) in [6.45, 7) is 7.03. The number of carbonyl (C=O) groups is 1. The SMILES string of the molecule is Cc1ccc(-n2ncc(C(C)NC(=O)c3ccc(S(=O)(=O)N4CCCC4)cc3)c2C)cc1. The summed E-state index contributed by atoms with van der Waals surface area (Å²) in [6.07, 6.45) is 3.54. The van der Waals surface area contributed by atoms with Gasteiger partial charge in [0.1, 0.15) is 0 Å². The number of nitrogens with zero attached hydrogens (tertiary/aromatic N) is 3. The molecule has 4 rings (SSSR count). The van der Waals surface area contributed by atoms with E-state index in [2.05, 4.69) is 10.4 Å². The van der Waals surface area contributed by atoms with Crippen LogP contribution in [0.15, 0.2) is 59.6 Å². The van der Waals surface area contributed by atoms with Gasteiger partial charge in [0, 0.05) is 29.9 Å². The fraction of sp³-hybridized carbons (Fsp3) is 0.333. The molecule has 3 aromatic rings. The molecule has 1 atom stereocenters. The molecule has 0 aliphatic carbocycles. The van der Waals surface area contributed by atoms with E-state index >= 15 is 0 Å². The molecule has 2 heterocycles. The average Bonchev–Trinajstić information content (AvgIpc) is 3.45. The summed E-state index contributed by atoms with van der Waals surface area (Å²) in [5.41, 5.74) is 4.44. The topological polar surface area (TPSA) is 84.3 Å². The number of benzene rings is 2. The van der Waals surface area contributed by atoms with E-state index in [4.69, 9.17) is 0 Å². The number of aromatic nitrogens is 2. The Bertz CT molecular complexity index is 1210. The molecule has 168 valence electrons. The lowest BCUT2D eigenvalue weighted by atomic mass is 10.1. The number of hydrogen-bond donors (Lipinski definition) is 1. The number of nitrogens with one attached hydrogen (secondary N) is 1. The number of rotatable bonds is 6. The Hall–Kier alpha value is -2.97. The fourth-order valence-corrected chi connectivity index (χ4v) is 5.52.